The van der Waals surface area contributed by atoms with Crippen molar-refractivity contribution in [2.24, 2.45) is 0 Å². The number of ether oxygens (including phenoxy) is 1. The first kappa shape index (κ1) is 20.0. The van der Waals surface area contributed by atoms with Gasteiger partial charge in [0.25, 0.3) is 5.91 Å². The van der Waals surface area contributed by atoms with E-state index in [0.29, 0.717) is 16.8 Å². The number of hydrogen-bond acceptors (Lipinski definition) is 5. The molecule has 0 radical (unpaired) electrons. The van der Waals surface area contributed by atoms with E-state index in [-0.39, 0.29) is 5.91 Å². The predicted octanol–water partition coefficient (Wildman–Crippen LogP) is 5.51. The Hall–Kier alpha value is -2.73. The Morgan fingerprint density at radius 2 is 1.64 bits per heavy atom. The lowest BCUT2D eigenvalue weighted by molar-refractivity contribution is -0.122. The summed E-state index contributed by atoms with van der Waals surface area (Å²) in [4.78, 5) is 12.4. The van der Waals surface area contributed by atoms with Gasteiger partial charge in [-0.2, -0.15) is 0 Å². The molecule has 28 heavy (non-hydrogen) atoms. The number of anilines is 1. The number of aromatic nitrogens is 2. The van der Waals surface area contributed by atoms with Crippen LogP contribution in [0.15, 0.2) is 54.6 Å². The largest absolute Gasteiger partial charge is 0.481 e. The molecule has 1 heterocycles. The second-order valence-electron chi connectivity index (χ2n) is 6.60. The van der Waals surface area contributed by atoms with E-state index in [2.05, 4.69) is 41.5 Å². The van der Waals surface area contributed by atoms with Gasteiger partial charge in [0.2, 0.25) is 5.13 Å². The minimum absolute atomic E-state index is 0.237. The van der Waals surface area contributed by atoms with Gasteiger partial charge in [0.05, 0.1) is 0 Å². The molecular formula is C22H25N3O2S. The molecule has 1 N–H and O–H groups in total. The highest BCUT2D eigenvalue weighted by atomic mass is 32.1. The Morgan fingerprint density at radius 3 is 2.29 bits per heavy atom. The summed E-state index contributed by atoms with van der Waals surface area (Å²) in [6.07, 6.45) is 1.39. The Balaban J connectivity index is 1.58. The maximum absolute atomic E-state index is 12.4. The van der Waals surface area contributed by atoms with Gasteiger partial charge in [-0.1, -0.05) is 67.6 Å². The lowest BCUT2D eigenvalue weighted by Crippen LogP contribution is -2.30. The van der Waals surface area contributed by atoms with Crippen molar-refractivity contribution in [2.45, 2.75) is 45.6 Å². The number of carbonyl (C=O) groups is 1. The van der Waals surface area contributed by atoms with Crippen molar-refractivity contribution < 1.29 is 9.53 Å². The average molecular weight is 396 g/mol. The first-order valence-corrected chi connectivity index (χ1v) is 10.4. The lowest BCUT2D eigenvalue weighted by Gasteiger charge is -2.14. The van der Waals surface area contributed by atoms with E-state index in [4.69, 9.17) is 4.74 Å². The van der Waals surface area contributed by atoms with Gasteiger partial charge < -0.3 is 4.74 Å². The second kappa shape index (κ2) is 9.46. The molecule has 5 nitrogen and oxygen atoms in total. The highest BCUT2D eigenvalue weighted by molar-refractivity contribution is 7.15. The maximum atomic E-state index is 12.4. The van der Waals surface area contributed by atoms with Gasteiger partial charge in [-0.25, -0.2) is 0 Å². The molecule has 0 saturated heterocycles. The molecule has 1 aromatic heterocycles. The SMILES string of the molecule is CCC(CC)c1nnc(NC(=O)C(C)Oc2ccc(-c3ccccc3)cc2)s1. The van der Waals surface area contributed by atoms with Crippen LogP contribution in [0, 0.1) is 0 Å². The fourth-order valence-corrected chi connectivity index (χ4v) is 3.92. The lowest BCUT2D eigenvalue weighted by atomic mass is 10.1. The van der Waals surface area contributed by atoms with E-state index < -0.39 is 6.10 Å². The Morgan fingerprint density at radius 1 is 1.00 bits per heavy atom. The molecule has 0 spiro atoms. The van der Waals surface area contributed by atoms with E-state index in [1.54, 1.807) is 6.92 Å². The van der Waals surface area contributed by atoms with Gasteiger partial charge in [-0.3, -0.25) is 10.1 Å². The fraction of sp³-hybridized carbons (Fsp3) is 0.318. The molecule has 0 aliphatic carbocycles. The summed E-state index contributed by atoms with van der Waals surface area (Å²) in [6.45, 7) is 5.99. The first-order valence-electron chi connectivity index (χ1n) is 9.57. The Kier molecular flexibility index (Phi) is 6.76. The van der Waals surface area contributed by atoms with Crippen LogP contribution in [0.1, 0.15) is 44.5 Å². The monoisotopic (exact) mass is 395 g/mol. The van der Waals surface area contributed by atoms with Crippen molar-refractivity contribution in [3.05, 3.63) is 59.6 Å². The highest BCUT2D eigenvalue weighted by Crippen LogP contribution is 2.28. The van der Waals surface area contributed by atoms with Crippen molar-refractivity contribution in [3.63, 3.8) is 0 Å². The number of hydrogen-bond donors (Lipinski definition) is 1. The third-order valence-corrected chi connectivity index (χ3v) is 5.65. The molecule has 1 atom stereocenters. The molecule has 0 aliphatic heterocycles. The standard InChI is InChI=1S/C22H25N3O2S/c1-4-16(5-2)21-24-25-22(28-21)23-20(26)15(3)27-19-13-11-18(12-14-19)17-9-7-6-8-10-17/h6-16H,4-5H2,1-3H3,(H,23,25,26). The zero-order valence-electron chi connectivity index (χ0n) is 16.4. The van der Waals surface area contributed by atoms with Crippen LogP contribution in [-0.4, -0.2) is 22.2 Å². The van der Waals surface area contributed by atoms with E-state index in [1.807, 2.05) is 42.5 Å². The van der Waals surface area contributed by atoms with Gasteiger partial charge in [0.1, 0.15) is 10.8 Å². The summed E-state index contributed by atoms with van der Waals surface area (Å²) in [5.41, 5.74) is 2.25. The number of carbonyl (C=O) groups excluding carboxylic acids is 1. The Bertz CT molecular complexity index is 890. The minimum atomic E-state index is -0.636. The molecule has 6 heteroatoms. The first-order chi connectivity index (χ1) is 13.6. The Labute approximate surface area is 169 Å². The van der Waals surface area contributed by atoms with Crippen LogP contribution >= 0.6 is 11.3 Å². The number of nitrogens with one attached hydrogen (secondary N) is 1. The molecule has 146 valence electrons. The summed E-state index contributed by atoms with van der Waals surface area (Å²) in [5, 5.41) is 12.6. The van der Waals surface area contributed by atoms with Crippen LogP contribution in [-0.2, 0) is 4.79 Å². The van der Waals surface area contributed by atoms with Crippen LogP contribution < -0.4 is 10.1 Å². The molecule has 0 fully saturated rings. The molecule has 1 unspecified atom stereocenters. The summed E-state index contributed by atoms with van der Waals surface area (Å²) < 4.78 is 5.78. The van der Waals surface area contributed by atoms with Gasteiger partial charge in [-0.05, 0) is 43.0 Å². The summed E-state index contributed by atoms with van der Waals surface area (Å²) >= 11 is 1.43. The molecule has 0 saturated carbocycles. The molecule has 0 aliphatic rings. The number of rotatable bonds is 8. The molecule has 2 aromatic carbocycles. The second-order valence-corrected chi connectivity index (χ2v) is 7.61. The molecule has 1 amide bonds. The smallest absolute Gasteiger partial charge is 0.266 e. The zero-order chi connectivity index (χ0) is 19.9. The average Bonchev–Trinajstić information content (AvgIpc) is 3.18. The van der Waals surface area contributed by atoms with Gasteiger partial charge in [-0.15, -0.1) is 10.2 Å². The van der Waals surface area contributed by atoms with E-state index in [9.17, 15) is 4.79 Å². The van der Waals surface area contributed by atoms with E-state index >= 15 is 0 Å². The van der Waals surface area contributed by atoms with E-state index in [1.165, 1.54) is 11.3 Å². The maximum Gasteiger partial charge on any atom is 0.266 e. The third kappa shape index (κ3) is 4.95. The number of nitrogens with zero attached hydrogens (tertiary/aromatic N) is 2. The molecule has 3 rings (SSSR count). The van der Waals surface area contributed by atoms with Crippen molar-refractivity contribution >= 4 is 22.4 Å². The highest BCUT2D eigenvalue weighted by Gasteiger charge is 2.19. The third-order valence-electron chi connectivity index (χ3n) is 4.65. The van der Waals surface area contributed by atoms with Crippen LogP contribution in [0.5, 0.6) is 5.75 Å². The molecule has 3 aromatic rings. The van der Waals surface area contributed by atoms with Gasteiger partial charge in [0.15, 0.2) is 6.10 Å². The minimum Gasteiger partial charge on any atom is -0.481 e. The van der Waals surface area contributed by atoms with Crippen LogP contribution in [0.25, 0.3) is 11.1 Å². The number of amides is 1. The summed E-state index contributed by atoms with van der Waals surface area (Å²) in [7, 11) is 0. The van der Waals surface area contributed by atoms with Crippen molar-refractivity contribution in [1.82, 2.24) is 10.2 Å². The van der Waals surface area contributed by atoms with Gasteiger partial charge >= 0.3 is 0 Å². The fourth-order valence-electron chi connectivity index (χ4n) is 2.91. The van der Waals surface area contributed by atoms with Gasteiger partial charge in [0, 0.05) is 5.92 Å². The quantitative estimate of drug-likeness (QED) is 0.546. The molecule has 0 bridgehead atoms. The summed E-state index contributed by atoms with van der Waals surface area (Å²) in [6, 6.07) is 17.9. The number of benzene rings is 2. The van der Waals surface area contributed by atoms with Crippen molar-refractivity contribution in [3.8, 4) is 16.9 Å². The van der Waals surface area contributed by atoms with Crippen LogP contribution in [0.3, 0.4) is 0 Å². The van der Waals surface area contributed by atoms with Crippen molar-refractivity contribution in [2.75, 3.05) is 5.32 Å². The van der Waals surface area contributed by atoms with E-state index in [0.717, 1.165) is 29.0 Å². The topological polar surface area (TPSA) is 64.1 Å². The normalized spacial score (nSPS) is 12.0. The van der Waals surface area contributed by atoms with Crippen LogP contribution in [0.4, 0.5) is 5.13 Å². The van der Waals surface area contributed by atoms with Crippen molar-refractivity contribution in [1.29, 1.82) is 0 Å². The zero-order valence-corrected chi connectivity index (χ0v) is 17.2. The summed E-state index contributed by atoms with van der Waals surface area (Å²) in [5.74, 6) is 0.802. The predicted molar refractivity (Wildman–Crippen MR) is 114 cm³/mol. The van der Waals surface area contributed by atoms with Crippen LogP contribution in [0.2, 0.25) is 0 Å². The molecular weight excluding hydrogens is 370 g/mol.